The number of hydrogen-bond donors (Lipinski definition) is 1. The predicted octanol–water partition coefficient (Wildman–Crippen LogP) is 7.40. The van der Waals surface area contributed by atoms with E-state index >= 15 is 0 Å². The van der Waals surface area contributed by atoms with Crippen molar-refractivity contribution in [3.8, 4) is 0 Å². The molecule has 2 aromatic rings. The highest BCUT2D eigenvalue weighted by atomic mass is 16.5. The summed E-state index contributed by atoms with van der Waals surface area (Å²) in [5.74, 6) is 1.68. The summed E-state index contributed by atoms with van der Waals surface area (Å²) in [6.07, 6.45) is 5.64. The first-order valence-electron chi connectivity index (χ1n) is 10.9. The Labute approximate surface area is 178 Å². The molecule has 1 aromatic carbocycles. The van der Waals surface area contributed by atoms with Gasteiger partial charge in [0.15, 0.2) is 0 Å². The first-order chi connectivity index (χ1) is 13.7. The van der Waals surface area contributed by atoms with Crippen molar-refractivity contribution in [2.75, 3.05) is 5.73 Å². The van der Waals surface area contributed by atoms with Gasteiger partial charge in [-0.25, -0.2) is 0 Å². The van der Waals surface area contributed by atoms with Crippen molar-refractivity contribution in [3.63, 3.8) is 0 Å². The van der Waals surface area contributed by atoms with Crippen molar-refractivity contribution in [2.24, 2.45) is 5.92 Å². The number of nitrogen functional groups attached to an aromatic ring is 1. The molecule has 0 fully saturated rings. The molecular weight excluding hydrogens is 360 g/mol. The number of nitrogens with zero attached hydrogens (tertiary/aromatic N) is 1. The second-order valence-corrected chi connectivity index (χ2v) is 8.60. The summed E-state index contributed by atoms with van der Waals surface area (Å²) >= 11 is 0. The molecule has 1 unspecified atom stereocenters. The third-order valence-corrected chi connectivity index (χ3v) is 4.58. The van der Waals surface area contributed by atoms with Gasteiger partial charge in [0.05, 0.1) is 5.69 Å². The van der Waals surface area contributed by atoms with Crippen molar-refractivity contribution in [1.29, 1.82) is 0 Å². The number of hydrogen-bond acceptors (Lipinski definition) is 4. The lowest BCUT2D eigenvalue weighted by molar-refractivity contribution is 0.112. The number of aromatic nitrogens is 1. The van der Waals surface area contributed by atoms with E-state index in [1.54, 1.807) is 0 Å². The lowest BCUT2D eigenvalue weighted by Gasteiger charge is -2.18. The number of aldehydes is 1. The predicted molar refractivity (Wildman–Crippen MR) is 125 cm³/mol. The van der Waals surface area contributed by atoms with Gasteiger partial charge in [-0.1, -0.05) is 91.6 Å². The average molecular weight is 403 g/mol. The molecule has 0 spiro atoms. The summed E-state index contributed by atoms with van der Waals surface area (Å²) < 4.78 is 4.93. The van der Waals surface area contributed by atoms with Crippen molar-refractivity contribution >= 4 is 12.2 Å². The zero-order chi connectivity index (χ0) is 22.4. The van der Waals surface area contributed by atoms with Crippen LogP contribution in [0.2, 0.25) is 0 Å². The van der Waals surface area contributed by atoms with Gasteiger partial charge in [-0.05, 0) is 35.8 Å². The van der Waals surface area contributed by atoms with Crippen LogP contribution in [0.15, 0.2) is 34.9 Å². The molecule has 0 radical (unpaired) electrons. The largest absolute Gasteiger partial charge is 0.368 e. The first-order valence-corrected chi connectivity index (χ1v) is 10.9. The molecule has 29 heavy (non-hydrogen) atoms. The second kappa shape index (κ2) is 14.0. The van der Waals surface area contributed by atoms with Crippen LogP contribution in [0, 0.1) is 5.92 Å². The van der Waals surface area contributed by atoms with E-state index in [4.69, 9.17) is 10.3 Å². The quantitative estimate of drug-likeness (QED) is 0.490. The maximum atomic E-state index is 10.5. The van der Waals surface area contributed by atoms with Gasteiger partial charge in [-0.2, -0.15) is 0 Å². The minimum absolute atomic E-state index is 0.124. The Morgan fingerprint density at radius 3 is 2.21 bits per heavy atom. The summed E-state index contributed by atoms with van der Waals surface area (Å²) in [6, 6.07) is 9.59. The number of nitrogens with two attached hydrogens (primary N) is 1. The van der Waals surface area contributed by atoms with Gasteiger partial charge in [0.2, 0.25) is 5.88 Å². The fourth-order valence-electron chi connectivity index (χ4n) is 2.90. The van der Waals surface area contributed by atoms with Crippen LogP contribution in [0.1, 0.15) is 109 Å². The van der Waals surface area contributed by atoms with Crippen LogP contribution in [-0.4, -0.2) is 11.4 Å². The van der Waals surface area contributed by atoms with Gasteiger partial charge in [0.1, 0.15) is 6.29 Å². The van der Waals surface area contributed by atoms with E-state index < -0.39 is 0 Å². The van der Waals surface area contributed by atoms with Crippen LogP contribution in [0.3, 0.4) is 0 Å². The number of carbonyl (C=O) groups excluding carboxylic acids is 1. The molecule has 0 saturated carbocycles. The molecule has 1 heterocycles. The Morgan fingerprint density at radius 2 is 1.76 bits per heavy atom. The van der Waals surface area contributed by atoms with E-state index in [-0.39, 0.29) is 5.41 Å². The van der Waals surface area contributed by atoms with Crippen molar-refractivity contribution in [3.05, 3.63) is 47.2 Å². The van der Waals surface area contributed by atoms with Crippen LogP contribution in [0.5, 0.6) is 0 Å². The highest BCUT2D eigenvalue weighted by Crippen LogP contribution is 2.28. The lowest BCUT2D eigenvalue weighted by Crippen LogP contribution is -2.10. The fraction of sp³-hybridized carbons (Fsp3) is 0.600. The zero-order valence-corrected chi connectivity index (χ0v) is 19.8. The Morgan fingerprint density at radius 1 is 1.10 bits per heavy atom. The molecule has 164 valence electrons. The number of carbonyl (C=O) groups is 1. The molecule has 1 aromatic heterocycles. The normalized spacial score (nSPS) is 11.8. The summed E-state index contributed by atoms with van der Waals surface area (Å²) in [7, 11) is 0. The molecule has 1 atom stereocenters. The van der Waals surface area contributed by atoms with Gasteiger partial charge in [0, 0.05) is 17.5 Å². The topological polar surface area (TPSA) is 69.1 Å². The van der Waals surface area contributed by atoms with Crippen LogP contribution in [-0.2, 0) is 5.41 Å². The molecule has 4 nitrogen and oxygen atoms in total. The molecule has 0 amide bonds. The Bertz CT molecular complexity index is 684. The van der Waals surface area contributed by atoms with E-state index in [1.807, 2.05) is 44.2 Å². The maximum Gasteiger partial charge on any atom is 0.222 e. The van der Waals surface area contributed by atoms with E-state index in [1.165, 1.54) is 31.2 Å². The molecule has 0 aliphatic heterocycles. The van der Waals surface area contributed by atoms with Crippen LogP contribution < -0.4 is 5.73 Å². The number of rotatable bonds is 7. The van der Waals surface area contributed by atoms with E-state index in [9.17, 15) is 4.79 Å². The van der Waals surface area contributed by atoms with Gasteiger partial charge in [0.25, 0.3) is 0 Å². The molecule has 2 N–H and O–H groups in total. The van der Waals surface area contributed by atoms with E-state index in [0.717, 1.165) is 23.5 Å². The molecule has 0 bridgehead atoms. The Hall–Kier alpha value is -2.10. The van der Waals surface area contributed by atoms with Crippen LogP contribution in [0.25, 0.3) is 0 Å². The number of anilines is 1. The summed E-state index contributed by atoms with van der Waals surface area (Å²) in [5.41, 5.74) is 8.64. The molecular formula is C25H42N2O2. The van der Waals surface area contributed by atoms with Crippen LogP contribution >= 0.6 is 0 Å². The van der Waals surface area contributed by atoms with Gasteiger partial charge >= 0.3 is 0 Å². The Balaban J connectivity index is 0.000000508. The van der Waals surface area contributed by atoms with E-state index in [2.05, 4.69) is 46.7 Å². The van der Waals surface area contributed by atoms with Crippen LogP contribution in [0.4, 0.5) is 5.88 Å². The summed E-state index contributed by atoms with van der Waals surface area (Å²) in [4.78, 5) is 10.5. The summed E-state index contributed by atoms with van der Waals surface area (Å²) in [6.45, 7) is 17.1. The minimum Gasteiger partial charge on any atom is -0.368 e. The van der Waals surface area contributed by atoms with Gasteiger partial charge < -0.3 is 10.3 Å². The third kappa shape index (κ3) is 10.9. The third-order valence-electron chi connectivity index (χ3n) is 4.58. The lowest BCUT2D eigenvalue weighted by atomic mass is 9.86. The fourth-order valence-corrected chi connectivity index (χ4v) is 2.90. The molecule has 0 aliphatic rings. The van der Waals surface area contributed by atoms with Crippen molar-refractivity contribution in [1.82, 2.24) is 5.16 Å². The second-order valence-electron chi connectivity index (χ2n) is 8.60. The monoisotopic (exact) mass is 402 g/mol. The molecule has 0 aliphatic carbocycles. The Kier molecular flexibility index (Phi) is 13.0. The van der Waals surface area contributed by atoms with E-state index in [0.29, 0.717) is 11.8 Å². The maximum absolute atomic E-state index is 10.5. The molecule has 0 saturated heterocycles. The van der Waals surface area contributed by atoms with Crippen molar-refractivity contribution in [2.45, 2.75) is 92.4 Å². The standard InChI is InChI=1S/C12H22N2O.C11H14O.C2H6/c1-4-5-10(7-6-9(2)3)11-8-12(13)15-14-11;1-11(2,3)10-6-4-5-9(7-10)8-12;1-2/h8-10H,4-7,13H2,1-3H3;4-8H,1-3H3;1-2H3. The smallest absolute Gasteiger partial charge is 0.222 e. The highest BCUT2D eigenvalue weighted by molar-refractivity contribution is 5.75. The number of benzene rings is 1. The van der Waals surface area contributed by atoms with Crippen molar-refractivity contribution < 1.29 is 9.32 Å². The van der Waals surface area contributed by atoms with Gasteiger partial charge in [-0.15, -0.1) is 0 Å². The van der Waals surface area contributed by atoms with Gasteiger partial charge in [-0.3, -0.25) is 4.79 Å². The average Bonchev–Trinajstić information content (AvgIpc) is 3.12. The molecule has 2 rings (SSSR count). The highest BCUT2D eigenvalue weighted by Gasteiger charge is 2.15. The zero-order valence-electron chi connectivity index (χ0n) is 19.8. The molecule has 4 heteroatoms. The minimum atomic E-state index is 0.124. The first kappa shape index (κ1) is 26.9. The summed E-state index contributed by atoms with van der Waals surface area (Å²) in [5, 5.41) is 4.01. The SMILES string of the molecule is CC.CC(C)(C)c1cccc(C=O)c1.CCCC(CCC(C)C)c1cc(N)on1.